The predicted octanol–water partition coefficient (Wildman–Crippen LogP) is 4.99. The third-order valence-corrected chi connectivity index (χ3v) is 6.65. The van der Waals surface area contributed by atoms with E-state index in [1.165, 1.54) is 17.0 Å². The number of imidazole rings is 1. The van der Waals surface area contributed by atoms with Crippen LogP contribution in [0.4, 0.5) is 10.3 Å². The Kier molecular flexibility index (Phi) is 7.40. The Morgan fingerprint density at radius 1 is 1.08 bits per heavy atom. The van der Waals surface area contributed by atoms with Gasteiger partial charge in [0.1, 0.15) is 5.82 Å². The molecule has 0 radical (unpaired) electrons. The number of hydrogen-bond acceptors (Lipinski definition) is 7. The first-order valence-corrected chi connectivity index (χ1v) is 12.7. The topological polar surface area (TPSA) is 105 Å². The Morgan fingerprint density at radius 3 is 2.44 bits per heavy atom. The highest BCUT2D eigenvalue weighted by Gasteiger charge is 2.41. The number of nitrogens with one attached hydrogen (secondary N) is 2. The molecule has 2 N–H and O–H groups in total. The number of anilines is 1. The van der Waals surface area contributed by atoms with Gasteiger partial charge in [-0.1, -0.05) is 30.3 Å². The van der Waals surface area contributed by atoms with Crippen molar-refractivity contribution in [3.05, 3.63) is 84.1 Å². The van der Waals surface area contributed by atoms with Crippen LogP contribution in [0.5, 0.6) is 0 Å². The van der Waals surface area contributed by atoms with Gasteiger partial charge in [0.25, 0.3) is 0 Å². The molecule has 2 aromatic carbocycles. The van der Waals surface area contributed by atoms with E-state index in [0.717, 1.165) is 5.56 Å². The van der Waals surface area contributed by atoms with Crippen molar-refractivity contribution in [3.8, 4) is 22.6 Å². The average molecular weight is 531 g/mol. The third kappa shape index (κ3) is 5.67. The highest BCUT2D eigenvalue weighted by molar-refractivity contribution is 5.82. The Balaban J connectivity index is 1.45. The van der Waals surface area contributed by atoms with Gasteiger partial charge in [0.2, 0.25) is 18.1 Å². The molecule has 1 aliphatic heterocycles. The number of nitrogens with zero attached hydrogens (tertiary/aromatic N) is 4. The van der Waals surface area contributed by atoms with Crippen LogP contribution >= 0.6 is 0 Å². The summed E-state index contributed by atoms with van der Waals surface area (Å²) in [6.45, 7) is 4.20. The van der Waals surface area contributed by atoms with E-state index >= 15 is 0 Å². The minimum Gasteiger partial charge on any atom is -0.348 e. The highest BCUT2D eigenvalue weighted by Crippen LogP contribution is 2.36. The number of aromatic nitrogens is 4. The van der Waals surface area contributed by atoms with E-state index in [9.17, 15) is 9.18 Å². The number of carbonyl (C=O) groups excluding carboxylic acids is 1. The highest BCUT2D eigenvalue weighted by atomic mass is 19.1. The molecule has 0 aliphatic carbocycles. The summed E-state index contributed by atoms with van der Waals surface area (Å²) in [5, 5.41) is 3.34. The first kappa shape index (κ1) is 26.5. The summed E-state index contributed by atoms with van der Waals surface area (Å²) in [7, 11) is 3.41. The molecule has 1 unspecified atom stereocenters. The number of benzene rings is 2. The van der Waals surface area contributed by atoms with Crippen LogP contribution in [0.25, 0.3) is 22.6 Å². The number of rotatable bonds is 7. The molecule has 10 heteroatoms. The maximum absolute atomic E-state index is 13.7. The van der Waals surface area contributed by atoms with Gasteiger partial charge in [-0.15, -0.1) is 0 Å². The van der Waals surface area contributed by atoms with E-state index in [-0.39, 0.29) is 31.0 Å². The van der Waals surface area contributed by atoms with Crippen molar-refractivity contribution in [2.45, 2.75) is 26.2 Å². The average Bonchev–Trinajstić information content (AvgIpc) is 3.39. The van der Waals surface area contributed by atoms with E-state index in [1.807, 2.05) is 44.2 Å². The maximum atomic E-state index is 13.7. The van der Waals surface area contributed by atoms with Crippen molar-refractivity contribution >= 4 is 11.9 Å². The second-order valence-electron chi connectivity index (χ2n) is 10.1. The van der Waals surface area contributed by atoms with Crippen molar-refractivity contribution in [3.63, 3.8) is 0 Å². The molecule has 1 aliphatic rings. The molecular formula is C29H31FN6O3. The van der Waals surface area contributed by atoms with E-state index < -0.39 is 11.7 Å². The summed E-state index contributed by atoms with van der Waals surface area (Å²) < 4.78 is 25.6. The minimum atomic E-state index is -0.807. The molecule has 0 spiro atoms. The number of aromatic amines is 1. The van der Waals surface area contributed by atoms with Crippen LogP contribution in [0.2, 0.25) is 0 Å². The molecule has 5 rings (SSSR count). The lowest BCUT2D eigenvalue weighted by Crippen LogP contribution is -2.48. The lowest BCUT2D eigenvalue weighted by Gasteiger charge is -2.36. The molecule has 0 saturated carbocycles. The third-order valence-electron chi connectivity index (χ3n) is 6.65. The summed E-state index contributed by atoms with van der Waals surface area (Å²) in [6, 6.07) is 17.9. The molecular weight excluding hydrogens is 499 g/mol. The summed E-state index contributed by atoms with van der Waals surface area (Å²) in [6.07, 6.45) is 0.863. The quantitative estimate of drug-likeness (QED) is 0.347. The minimum absolute atomic E-state index is 0.0152. The molecule has 1 amide bonds. The van der Waals surface area contributed by atoms with Crippen molar-refractivity contribution in [1.82, 2.24) is 24.8 Å². The van der Waals surface area contributed by atoms with Crippen LogP contribution in [-0.2, 0) is 14.3 Å². The molecule has 1 saturated heterocycles. The Bertz CT molecular complexity index is 1430. The molecule has 39 heavy (non-hydrogen) atoms. The molecule has 0 bridgehead atoms. The number of amides is 1. The summed E-state index contributed by atoms with van der Waals surface area (Å²) in [5.74, 6) is 0.463. The zero-order chi connectivity index (χ0) is 27.6. The monoisotopic (exact) mass is 530 g/mol. The molecule has 202 valence electrons. The summed E-state index contributed by atoms with van der Waals surface area (Å²) in [5.41, 5.74) is 2.78. The van der Waals surface area contributed by atoms with Gasteiger partial charge in [0.15, 0.2) is 5.82 Å². The number of carbonyl (C=O) groups is 1. The van der Waals surface area contributed by atoms with Gasteiger partial charge in [-0.2, -0.15) is 0 Å². The fraction of sp³-hybridized carbons (Fsp3) is 0.310. The van der Waals surface area contributed by atoms with Gasteiger partial charge in [-0.3, -0.25) is 4.79 Å². The predicted molar refractivity (Wildman–Crippen MR) is 145 cm³/mol. The van der Waals surface area contributed by atoms with Crippen LogP contribution in [0, 0.1) is 11.2 Å². The van der Waals surface area contributed by atoms with E-state index in [2.05, 4.69) is 15.3 Å². The first-order chi connectivity index (χ1) is 18.7. The van der Waals surface area contributed by atoms with Crippen LogP contribution in [-0.4, -0.2) is 58.1 Å². The lowest BCUT2D eigenvalue weighted by molar-refractivity contribution is -0.233. The molecule has 4 aromatic rings. The van der Waals surface area contributed by atoms with Crippen LogP contribution in [0.15, 0.2) is 66.9 Å². The van der Waals surface area contributed by atoms with Gasteiger partial charge in [-0.05, 0) is 49.7 Å². The Morgan fingerprint density at radius 2 is 1.77 bits per heavy atom. The number of H-pyrrole nitrogens is 1. The number of hydrogen-bond donors (Lipinski definition) is 2. The van der Waals surface area contributed by atoms with Gasteiger partial charge in [-0.25, -0.2) is 19.3 Å². The molecule has 2 aromatic heterocycles. The number of ether oxygens (including phenoxy) is 2. The first-order valence-electron chi connectivity index (χ1n) is 12.7. The number of halogens is 1. The van der Waals surface area contributed by atoms with E-state index in [0.29, 0.717) is 34.4 Å². The fourth-order valence-electron chi connectivity index (χ4n) is 4.52. The van der Waals surface area contributed by atoms with E-state index in [4.69, 9.17) is 19.4 Å². The van der Waals surface area contributed by atoms with Crippen LogP contribution in [0.3, 0.4) is 0 Å². The van der Waals surface area contributed by atoms with Crippen molar-refractivity contribution in [2.75, 3.05) is 32.6 Å². The van der Waals surface area contributed by atoms with E-state index in [1.54, 1.807) is 38.5 Å². The SMILES string of the molecule is CC(Nc1nccc(-c2[nH]c(C3OCC(C)(C(=O)N(C)C)CO3)nc2-c2ccc(F)cc2)n1)c1ccccc1. The second kappa shape index (κ2) is 10.9. The maximum Gasteiger partial charge on any atom is 0.232 e. The largest absolute Gasteiger partial charge is 0.348 e. The Labute approximate surface area is 226 Å². The Hall–Kier alpha value is -4.15. The summed E-state index contributed by atoms with van der Waals surface area (Å²) in [4.78, 5) is 31.4. The van der Waals surface area contributed by atoms with Crippen molar-refractivity contribution in [2.24, 2.45) is 5.41 Å². The molecule has 1 fully saturated rings. The normalized spacial score (nSPS) is 19.9. The molecule has 9 nitrogen and oxygen atoms in total. The van der Waals surface area contributed by atoms with Gasteiger partial charge in [0.05, 0.1) is 41.8 Å². The van der Waals surface area contributed by atoms with Crippen molar-refractivity contribution in [1.29, 1.82) is 0 Å². The van der Waals surface area contributed by atoms with Gasteiger partial charge in [0, 0.05) is 25.9 Å². The standard InChI is InChI=1S/C29H31FN6O3/c1-18(19-8-6-5-7-9-19)32-28-31-15-14-22(33-28)24-23(20-10-12-21(30)13-11-20)34-25(35-24)26-38-16-29(2,17-39-26)27(37)36(3)4/h5-15,18,26H,16-17H2,1-4H3,(H,34,35)(H,31,32,33). The second-order valence-corrected chi connectivity index (χ2v) is 10.1. The van der Waals surface area contributed by atoms with Crippen molar-refractivity contribution < 1.29 is 18.7 Å². The molecule has 1 atom stereocenters. The summed E-state index contributed by atoms with van der Waals surface area (Å²) >= 11 is 0. The van der Waals surface area contributed by atoms with Crippen LogP contribution in [0.1, 0.15) is 37.6 Å². The van der Waals surface area contributed by atoms with Gasteiger partial charge >= 0.3 is 0 Å². The lowest BCUT2D eigenvalue weighted by atomic mass is 9.90. The zero-order valence-electron chi connectivity index (χ0n) is 22.3. The smallest absolute Gasteiger partial charge is 0.232 e. The fourth-order valence-corrected chi connectivity index (χ4v) is 4.52. The zero-order valence-corrected chi connectivity index (χ0v) is 22.3. The molecule has 3 heterocycles. The van der Waals surface area contributed by atoms with Crippen LogP contribution < -0.4 is 5.32 Å². The van der Waals surface area contributed by atoms with Gasteiger partial charge < -0.3 is 24.7 Å².